The number of hydrogen-bond donors (Lipinski definition) is 2. The molecule has 0 saturated carbocycles. The summed E-state index contributed by atoms with van der Waals surface area (Å²) in [7, 11) is 1.59. The van der Waals surface area contributed by atoms with Crippen molar-refractivity contribution in [2.24, 2.45) is 0 Å². The van der Waals surface area contributed by atoms with E-state index in [1.807, 2.05) is 42.5 Å². The van der Waals surface area contributed by atoms with E-state index in [1.165, 1.54) is 0 Å². The lowest BCUT2D eigenvalue weighted by Crippen LogP contribution is -2.01. The van der Waals surface area contributed by atoms with Crippen molar-refractivity contribution in [3.05, 3.63) is 53.6 Å². The third-order valence-corrected chi connectivity index (χ3v) is 3.04. The van der Waals surface area contributed by atoms with Crippen LogP contribution < -0.4 is 15.2 Å². The molecule has 0 bridgehead atoms. The fourth-order valence-electron chi connectivity index (χ4n) is 2.01. The van der Waals surface area contributed by atoms with E-state index in [-0.39, 0.29) is 6.61 Å². The molecule has 0 heterocycles. The van der Waals surface area contributed by atoms with Crippen LogP contribution in [0.25, 0.3) is 0 Å². The molecule has 4 heteroatoms. The van der Waals surface area contributed by atoms with Crippen LogP contribution in [0, 0.1) is 0 Å². The molecule has 3 N–H and O–H groups in total. The summed E-state index contributed by atoms with van der Waals surface area (Å²) in [6, 6.07) is 13.3. The molecule has 0 aliphatic heterocycles. The molecule has 0 spiro atoms. The first-order chi connectivity index (χ1) is 9.74. The fourth-order valence-corrected chi connectivity index (χ4v) is 2.01. The van der Waals surface area contributed by atoms with E-state index in [4.69, 9.17) is 20.3 Å². The quantitative estimate of drug-likeness (QED) is 0.793. The van der Waals surface area contributed by atoms with Gasteiger partial charge in [-0.15, -0.1) is 0 Å². The topological polar surface area (TPSA) is 64.7 Å². The van der Waals surface area contributed by atoms with E-state index >= 15 is 0 Å². The Morgan fingerprint density at radius 1 is 1.10 bits per heavy atom. The highest BCUT2D eigenvalue weighted by Gasteiger charge is 2.05. The number of anilines is 1. The molecule has 0 saturated heterocycles. The fraction of sp³-hybridized carbons (Fsp3) is 0.250. The van der Waals surface area contributed by atoms with Crippen molar-refractivity contribution >= 4 is 5.69 Å². The van der Waals surface area contributed by atoms with Crippen molar-refractivity contribution in [1.82, 2.24) is 0 Å². The SMILES string of the molecule is COc1ccc(COc2ccccc2CCO)cc1N. The minimum Gasteiger partial charge on any atom is -0.495 e. The van der Waals surface area contributed by atoms with Crippen LogP contribution in [0.3, 0.4) is 0 Å². The van der Waals surface area contributed by atoms with Crippen molar-refractivity contribution in [2.75, 3.05) is 19.5 Å². The maximum absolute atomic E-state index is 9.04. The molecule has 4 nitrogen and oxygen atoms in total. The van der Waals surface area contributed by atoms with Crippen LogP contribution in [0.4, 0.5) is 5.69 Å². The van der Waals surface area contributed by atoms with Crippen molar-refractivity contribution in [3.8, 4) is 11.5 Å². The molecule has 20 heavy (non-hydrogen) atoms. The molecule has 106 valence electrons. The zero-order valence-corrected chi connectivity index (χ0v) is 11.5. The average molecular weight is 273 g/mol. The van der Waals surface area contributed by atoms with Gasteiger partial charge < -0.3 is 20.3 Å². The van der Waals surface area contributed by atoms with Gasteiger partial charge in [0.15, 0.2) is 0 Å². The van der Waals surface area contributed by atoms with Crippen molar-refractivity contribution in [2.45, 2.75) is 13.0 Å². The average Bonchev–Trinajstić information content (AvgIpc) is 2.47. The number of para-hydroxylation sites is 1. The molecule has 0 fully saturated rings. The van der Waals surface area contributed by atoms with Crippen LogP contribution in [-0.4, -0.2) is 18.8 Å². The molecule has 0 radical (unpaired) electrons. The number of benzene rings is 2. The summed E-state index contributed by atoms with van der Waals surface area (Å²) in [5.41, 5.74) is 8.43. The maximum Gasteiger partial charge on any atom is 0.141 e. The summed E-state index contributed by atoms with van der Waals surface area (Å²) >= 11 is 0. The van der Waals surface area contributed by atoms with Gasteiger partial charge in [0, 0.05) is 6.61 Å². The zero-order valence-electron chi connectivity index (χ0n) is 11.5. The van der Waals surface area contributed by atoms with Crippen LogP contribution in [-0.2, 0) is 13.0 Å². The second-order valence-corrected chi connectivity index (χ2v) is 4.45. The standard InChI is InChI=1S/C16H19NO3/c1-19-16-7-6-12(10-14(16)17)11-20-15-5-3-2-4-13(15)8-9-18/h2-7,10,18H,8-9,11,17H2,1H3. The largest absolute Gasteiger partial charge is 0.495 e. The Labute approximate surface area is 118 Å². The predicted octanol–water partition coefficient (Wildman–Crippen LogP) is 2.39. The molecule has 0 atom stereocenters. The second-order valence-electron chi connectivity index (χ2n) is 4.45. The van der Waals surface area contributed by atoms with Gasteiger partial charge in [-0.1, -0.05) is 24.3 Å². The van der Waals surface area contributed by atoms with E-state index in [0.717, 1.165) is 16.9 Å². The summed E-state index contributed by atoms with van der Waals surface area (Å²) in [5, 5.41) is 9.04. The van der Waals surface area contributed by atoms with Crippen molar-refractivity contribution in [3.63, 3.8) is 0 Å². The van der Waals surface area contributed by atoms with E-state index < -0.39 is 0 Å². The number of aliphatic hydroxyl groups excluding tert-OH is 1. The molecular weight excluding hydrogens is 254 g/mol. The monoisotopic (exact) mass is 273 g/mol. The van der Waals surface area contributed by atoms with E-state index in [9.17, 15) is 0 Å². The smallest absolute Gasteiger partial charge is 0.141 e. The number of nitrogens with two attached hydrogens (primary N) is 1. The lowest BCUT2D eigenvalue weighted by Gasteiger charge is -2.12. The normalized spacial score (nSPS) is 10.3. The highest BCUT2D eigenvalue weighted by molar-refractivity contribution is 5.54. The van der Waals surface area contributed by atoms with Crippen molar-refractivity contribution in [1.29, 1.82) is 0 Å². The molecule has 2 aromatic carbocycles. The van der Waals surface area contributed by atoms with Crippen LogP contribution in [0.5, 0.6) is 11.5 Å². The van der Waals surface area contributed by atoms with Crippen LogP contribution >= 0.6 is 0 Å². The van der Waals surface area contributed by atoms with Gasteiger partial charge in [0.25, 0.3) is 0 Å². The lowest BCUT2D eigenvalue weighted by atomic mass is 10.1. The Balaban J connectivity index is 2.07. The number of methoxy groups -OCH3 is 1. The number of aliphatic hydroxyl groups is 1. The number of nitrogen functional groups attached to an aromatic ring is 1. The molecule has 0 aromatic heterocycles. The third-order valence-electron chi connectivity index (χ3n) is 3.04. The molecule has 0 aliphatic carbocycles. The number of ether oxygens (including phenoxy) is 2. The summed E-state index contributed by atoms with van der Waals surface area (Å²) in [6.45, 7) is 0.534. The summed E-state index contributed by atoms with van der Waals surface area (Å²) < 4.78 is 10.9. The molecule has 2 rings (SSSR count). The first kappa shape index (κ1) is 14.2. The van der Waals surface area contributed by atoms with Gasteiger partial charge in [-0.2, -0.15) is 0 Å². The van der Waals surface area contributed by atoms with Gasteiger partial charge in [-0.3, -0.25) is 0 Å². The molecule has 0 amide bonds. The van der Waals surface area contributed by atoms with Gasteiger partial charge in [0.2, 0.25) is 0 Å². The van der Waals surface area contributed by atoms with Gasteiger partial charge in [0.05, 0.1) is 12.8 Å². The first-order valence-corrected chi connectivity index (χ1v) is 6.48. The summed E-state index contributed by atoms with van der Waals surface area (Å²) in [4.78, 5) is 0. The van der Waals surface area contributed by atoms with Gasteiger partial charge in [-0.05, 0) is 35.7 Å². The Bertz CT molecular complexity index is 569. The van der Waals surface area contributed by atoms with Crippen LogP contribution in [0.1, 0.15) is 11.1 Å². The highest BCUT2D eigenvalue weighted by atomic mass is 16.5. The second kappa shape index (κ2) is 6.82. The van der Waals surface area contributed by atoms with E-state index in [1.54, 1.807) is 7.11 Å². The van der Waals surface area contributed by atoms with Crippen LogP contribution in [0.15, 0.2) is 42.5 Å². The highest BCUT2D eigenvalue weighted by Crippen LogP contribution is 2.24. The third kappa shape index (κ3) is 3.42. The van der Waals surface area contributed by atoms with Gasteiger partial charge >= 0.3 is 0 Å². The van der Waals surface area contributed by atoms with Gasteiger partial charge in [0.1, 0.15) is 18.1 Å². The minimum atomic E-state index is 0.107. The molecule has 0 unspecified atom stereocenters. The molecule has 0 aliphatic rings. The zero-order chi connectivity index (χ0) is 14.4. The maximum atomic E-state index is 9.04. The lowest BCUT2D eigenvalue weighted by molar-refractivity contribution is 0.284. The predicted molar refractivity (Wildman–Crippen MR) is 79.0 cm³/mol. The minimum absolute atomic E-state index is 0.107. The Kier molecular flexibility index (Phi) is 4.85. The van der Waals surface area contributed by atoms with Crippen molar-refractivity contribution < 1.29 is 14.6 Å². The summed E-state index contributed by atoms with van der Waals surface area (Å²) in [5.74, 6) is 1.45. The summed E-state index contributed by atoms with van der Waals surface area (Å²) in [6.07, 6.45) is 0.584. The molecule has 2 aromatic rings. The van der Waals surface area contributed by atoms with E-state index in [2.05, 4.69) is 0 Å². The Morgan fingerprint density at radius 3 is 2.60 bits per heavy atom. The Morgan fingerprint density at radius 2 is 1.90 bits per heavy atom. The number of rotatable bonds is 6. The Hall–Kier alpha value is -2.20. The number of hydrogen-bond acceptors (Lipinski definition) is 4. The molecular formula is C16H19NO3. The van der Waals surface area contributed by atoms with Crippen LogP contribution in [0.2, 0.25) is 0 Å². The van der Waals surface area contributed by atoms with E-state index in [0.29, 0.717) is 24.5 Å². The first-order valence-electron chi connectivity index (χ1n) is 6.48. The van der Waals surface area contributed by atoms with Gasteiger partial charge in [-0.25, -0.2) is 0 Å².